The van der Waals surface area contributed by atoms with Crippen LogP contribution in [0, 0.1) is 6.92 Å². The molecule has 2 fully saturated rings. The lowest BCUT2D eigenvalue weighted by molar-refractivity contribution is 0.0429. The van der Waals surface area contributed by atoms with Gasteiger partial charge in [0.2, 0.25) is 5.95 Å². The summed E-state index contributed by atoms with van der Waals surface area (Å²) in [5, 5.41) is 3.67. The molecule has 2 aliphatic rings. The van der Waals surface area contributed by atoms with E-state index < -0.39 is 0 Å². The van der Waals surface area contributed by atoms with Gasteiger partial charge in [0, 0.05) is 24.3 Å². The molecule has 2 aliphatic carbocycles. The lowest BCUT2D eigenvalue weighted by atomic mass is 9.75. The first-order chi connectivity index (χ1) is 9.59. The molecule has 0 atom stereocenters. The van der Waals surface area contributed by atoms with E-state index in [0.29, 0.717) is 11.6 Å². The minimum absolute atomic E-state index is 0.346. The van der Waals surface area contributed by atoms with Crippen LogP contribution in [0.4, 0.5) is 5.95 Å². The van der Waals surface area contributed by atoms with E-state index in [0.717, 1.165) is 18.2 Å². The molecule has 0 amide bonds. The largest absolute Gasteiger partial charge is 0.353 e. The molecule has 0 aliphatic heterocycles. The van der Waals surface area contributed by atoms with Crippen molar-refractivity contribution in [1.29, 1.82) is 0 Å². The van der Waals surface area contributed by atoms with Crippen LogP contribution in [0.3, 0.4) is 0 Å². The molecular formula is C16H28N4. The van der Waals surface area contributed by atoms with Crippen molar-refractivity contribution in [1.82, 2.24) is 14.5 Å². The predicted octanol–water partition coefficient (Wildman–Crippen LogP) is 3.03. The van der Waals surface area contributed by atoms with E-state index in [-0.39, 0.29) is 0 Å². The highest BCUT2D eigenvalue weighted by Crippen LogP contribution is 2.38. The fourth-order valence-electron chi connectivity index (χ4n) is 3.68. The number of aromatic nitrogens is 2. The number of rotatable bonds is 5. The van der Waals surface area contributed by atoms with Crippen molar-refractivity contribution in [3.63, 3.8) is 0 Å². The Morgan fingerprint density at radius 2 is 2.00 bits per heavy atom. The third-order valence-corrected chi connectivity index (χ3v) is 5.28. The molecule has 1 heterocycles. The number of hydrogen-bond acceptors (Lipinski definition) is 3. The zero-order valence-corrected chi connectivity index (χ0v) is 13.2. The number of likely N-dealkylation sites (N-methyl/N-ethyl adjacent to an activating group) is 1. The van der Waals surface area contributed by atoms with Gasteiger partial charge in [0.25, 0.3) is 0 Å². The molecular weight excluding hydrogens is 248 g/mol. The topological polar surface area (TPSA) is 33.1 Å². The summed E-state index contributed by atoms with van der Waals surface area (Å²) >= 11 is 0. The molecule has 0 saturated heterocycles. The van der Waals surface area contributed by atoms with Gasteiger partial charge < -0.3 is 14.8 Å². The third-order valence-electron chi connectivity index (χ3n) is 5.28. The predicted molar refractivity (Wildman–Crippen MR) is 83.1 cm³/mol. The van der Waals surface area contributed by atoms with Gasteiger partial charge in [0.15, 0.2) is 0 Å². The Morgan fingerprint density at radius 1 is 1.30 bits per heavy atom. The van der Waals surface area contributed by atoms with Gasteiger partial charge in [0.05, 0.1) is 5.69 Å². The molecule has 4 heteroatoms. The van der Waals surface area contributed by atoms with Crippen molar-refractivity contribution in [2.45, 2.75) is 70.0 Å². The molecule has 0 aromatic carbocycles. The molecule has 0 bridgehead atoms. The maximum atomic E-state index is 4.71. The van der Waals surface area contributed by atoms with Crippen molar-refractivity contribution in [2.24, 2.45) is 0 Å². The number of nitrogens with zero attached hydrogens (tertiary/aromatic N) is 3. The Morgan fingerprint density at radius 3 is 2.55 bits per heavy atom. The maximum absolute atomic E-state index is 4.71. The van der Waals surface area contributed by atoms with Crippen LogP contribution in [0.15, 0.2) is 6.20 Å². The fourth-order valence-corrected chi connectivity index (χ4v) is 3.68. The van der Waals surface area contributed by atoms with Gasteiger partial charge in [-0.2, -0.15) is 0 Å². The van der Waals surface area contributed by atoms with Gasteiger partial charge in [-0.25, -0.2) is 4.98 Å². The number of aryl methyl sites for hydroxylation is 1. The fraction of sp³-hybridized carbons (Fsp3) is 0.812. The summed E-state index contributed by atoms with van der Waals surface area (Å²) in [4.78, 5) is 7.12. The normalized spacial score (nSPS) is 22.2. The molecule has 0 radical (unpaired) electrons. The van der Waals surface area contributed by atoms with Crippen molar-refractivity contribution in [2.75, 3.05) is 19.4 Å². The van der Waals surface area contributed by atoms with Gasteiger partial charge >= 0.3 is 0 Å². The minimum Gasteiger partial charge on any atom is -0.353 e. The smallest absolute Gasteiger partial charge is 0.203 e. The molecule has 1 N–H and O–H groups in total. The molecule has 0 spiro atoms. The molecule has 2 saturated carbocycles. The summed E-state index contributed by atoms with van der Waals surface area (Å²) in [6.45, 7) is 3.16. The molecule has 4 nitrogen and oxygen atoms in total. The second-order valence-corrected chi connectivity index (χ2v) is 6.93. The maximum Gasteiger partial charge on any atom is 0.203 e. The van der Waals surface area contributed by atoms with Gasteiger partial charge in [-0.1, -0.05) is 12.8 Å². The zero-order chi connectivity index (χ0) is 14.2. The van der Waals surface area contributed by atoms with E-state index in [1.54, 1.807) is 0 Å². The Hall–Kier alpha value is -1.03. The summed E-state index contributed by atoms with van der Waals surface area (Å²) < 4.78 is 2.35. The summed E-state index contributed by atoms with van der Waals surface area (Å²) in [7, 11) is 4.43. The SMILES string of the molecule is Cc1cn(CC2(N(C)C)CCC2)c(NC2CCCC2)n1. The highest BCUT2D eigenvalue weighted by Gasteiger charge is 2.39. The average molecular weight is 276 g/mol. The van der Waals surface area contributed by atoms with Crippen molar-refractivity contribution < 1.29 is 0 Å². The van der Waals surface area contributed by atoms with Gasteiger partial charge in [-0.15, -0.1) is 0 Å². The molecule has 1 aromatic heterocycles. The van der Waals surface area contributed by atoms with Crippen LogP contribution in [-0.2, 0) is 6.54 Å². The molecule has 1 aromatic rings. The zero-order valence-electron chi connectivity index (χ0n) is 13.2. The van der Waals surface area contributed by atoms with Gasteiger partial charge in [0.1, 0.15) is 0 Å². The van der Waals surface area contributed by atoms with Crippen LogP contribution >= 0.6 is 0 Å². The highest BCUT2D eigenvalue weighted by molar-refractivity contribution is 5.31. The number of nitrogens with one attached hydrogen (secondary N) is 1. The molecule has 3 rings (SSSR count). The van der Waals surface area contributed by atoms with Crippen LogP contribution in [0.1, 0.15) is 50.6 Å². The van der Waals surface area contributed by atoms with Crippen LogP contribution in [0.5, 0.6) is 0 Å². The van der Waals surface area contributed by atoms with E-state index in [2.05, 4.69) is 42.0 Å². The molecule has 0 unspecified atom stereocenters. The summed E-state index contributed by atoms with van der Waals surface area (Å²) in [6, 6.07) is 0.632. The summed E-state index contributed by atoms with van der Waals surface area (Å²) in [5.74, 6) is 1.09. The van der Waals surface area contributed by atoms with E-state index >= 15 is 0 Å². The Kier molecular flexibility index (Phi) is 3.76. The van der Waals surface area contributed by atoms with Crippen LogP contribution in [0.25, 0.3) is 0 Å². The number of hydrogen-bond donors (Lipinski definition) is 1. The standard InChI is InChI=1S/C16H28N4/c1-13-11-20(12-16(19(2)3)9-6-10-16)15(17-13)18-14-7-4-5-8-14/h11,14H,4-10,12H2,1-3H3,(H,17,18). The van der Waals surface area contributed by atoms with Crippen molar-refractivity contribution in [3.05, 3.63) is 11.9 Å². The van der Waals surface area contributed by atoms with Crippen LogP contribution in [0.2, 0.25) is 0 Å². The lowest BCUT2D eigenvalue weighted by Crippen LogP contribution is -2.53. The van der Waals surface area contributed by atoms with E-state index in [1.807, 2.05) is 0 Å². The van der Waals surface area contributed by atoms with Crippen molar-refractivity contribution in [3.8, 4) is 0 Å². The van der Waals surface area contributed by atoms with E-state index in [4.69, 9.17) is 4.98 Å². The summed E-state index contributed by atoms with van der Waals surface area (Å²) in [5.41, 5.74) is 1.47. The number of anilines is 1. The van der Waals surface area contributed by atoms with E-state index in [1.165, 1.54) is 44.9 Å². The van der Waals surface area contributed by atoms with Crippen LogP contribution in [-0.4, -0.2) is 40.1 Å². The quantitative estimate of drug-likeness (QED) is 0.897. The molecule has 112 valence electrons. The van der Waals surface area contributed by atoms with Gasteiger partial charge in [-0.05, 0) is 53.1 Å². The second kappa shape index (κ2) is 5.40. The number of imidazole rings is 1. The monoisotopic (exact) mass is 276 g/mol. The Bertz CT molecular complexity index is 453. The van der Waals surface area contributed by atoms with Crippen LogP contribution < -0.4 is 5.32 Å². The average Bonchev–Trinajstić information content (AvgIpc) is 2.94. The molecule has 20 heavy (non-hydrogen) atoms. The third kappa shape index (κ3) is 2.58. The Labute approximate surface area is 122 Å². The van der Waals surface area contributed by atoms with Gasteiger partial charge in [-0.3, -0.25) is 0 Å². The Balaban J connectivity index is 1.75. The first-order valence-electron chi connectivity index (χ1n) is 8.07. The lowest BCUT2D eigenvalue weighted by Gasteiger charge is -2.47. The first-order valence-corrected chi connectivity index (χ1v) is 8.07. The second-order valence-electron chi connectivity index (χ2n) is 6.93. The van der Waals surface area contributed by atoms with Crippen molar-refractivity contribution >= 4 is 5.95 Å². The first kappa shape index (κ1) is 13.9. The summed E-state index contributed by atoms with van der Waals surface area (Å²) in [6.07, 6.45) is 11.5. The van der Waals surface area contributed by atoms with E-state index in [9.17, 15) is 0 Å². The minimum atomic E-state index is 0.346. The highest BCUT2D eigenvalue weighted by atomic mass is 15.3.